The van der Waals surface area contributed by atoms with Gasteiger partial charge in [0.1, 0.15) is 0 Å². The molecule has 0 spiro atoms. The minimum atomic E-state index is -3.43. The zero-order chi connectivity index (χ0) is 14.9. The smallest absolute Gasteiger partial charge is 0.243 e. The third-order valence-corrected chi connectivity index (χ3v) is 6.74. The normalized spacial score (nSPS) is 20.9. The molecule has 3 N–H and O–H groups in total. The van der Waals surface area contributed by atoms with Crippen LogP contribution in [0.5, 0.6) is 0 Å². The number of thioether (sulfide) groups is 1. The Hall–Kier alpha value is -0.760. The molecule has 112 valence electrons. The Morgan fingerprint density at radius 1 is 1.35 bits per heavy atom. The second-order valence-corrected chi connectivity index (χ2v) is 8.55. The number of hydrazine groups is 1. The van der Waals surface area contributed by atoms with Crippen molar-refractivity contribution in [3.8, 4) is 0 Å². The van der Waals surface area contributed by atoms with E-state index in [-0.39, 0.29) is 0 Å². The minimum Gasteiger partial charge on any atom is -0.324 e. The molecular weight excluding hydrogens is 294 g/mol. The molecule has 1 unspecified atom stereocenters. The Labute approximate surface area is 124 Å². The van der Waals surface area contributed by atoms with E-state index in [1.807, 2.05) is 25.6 Å². The molecule has 20 heavy (non-hydrogen) atoms. The number of nitrogens with zero attached hydrogens (tertiary/aromatic N) is 1. The maximum Gasteiger partial charge on any atom is 0.243 e. The minimum absolute atomic E-state index is 0.337. The van der Waals surface area contributed by atoms with Gasteiger partial charge in [-0.25, -0.2) is 8.42 Å². The molecule has 2 rings (SSSR count). The van der Waals surface area contributed by atoms with E-state index in [0.29, 0.717) is 23.2 Å². The number of nitrogens with two attached hydrogens (primary N) is 1. The van der Waals surface area contributed by atoms with Gasteiger partial charge in [0.2, 0.25) is 10.0 Å². The van der Waals surface area contributed by atoms with Gasteiger partial charge < -0.3 is 5.43 Å². The quantitative estimate of drug-likeness (QED) is 0.656. The number of hydrogen-bond acceptors (Lipinski definition) is 5. The van der Waals surface area contributed by atoms with Crippen LogP contribution in [0.25, 0.3) is 0 Å². The van der Waals surface area contributed by atoms with E-state index in [4.69, 9.17) is 5.84 Å². The highest BCUT2D eigenvalue weighted by Crippen LogP contribution is 2.29. The van der Waals surface area contributed by atoms with Crippen LogP contribution in [0.1, 0.15) is 18.1 Å². The molecule has 1 aliphatic heterocycles. The largest absolute Gasteiger partial charge is 0.324 e. The summed E-state index contributed by atoms with van der Waals surface area (Å²) < 4.78 is 27.3. The van der Waals surface area contributed by atoms with Crippen LogP contribution in [0.4, 0.5) is 5.69 Å². The Morgan fingerprint density at radius 3 is 2.45 bits per heavy atom. The van der Waals surface area contributed by atoms with Gasteiger partial charge in [-0.3, -0.25) is 5.84 Å². The van der Waals surface area contributed by atoms with Gasteiger partial charge in [-0.05, 0) is 37.1 Å². The van der Waals surface area contributed by atoms with Gasteiger partial charge in [0, 0.05) is 29.8 Å². The van der Waals surface area contributed by atoms with E-state index in [9.17, 15) is 8.42 Å². The van der Waals surface area contributed by atoms with E-state index < -0.39 is 10.0 Å². The first-order valence-electron chi connectivity index (χ1n) is 6.56. The van der Waals surface area contributed by atoms with Gasteiger partial charge in [-0.2, -0.15) is 16.1 Å². The van der Waals surface area contributed by atoms with E-state index in [1.165, 1.54) is 0 Å². The molecule has 0 radical (unpaired) electrons. The first-order chi connectivity index (χ1) is 9.36. The fourth-order valence-corrected chi connectivity index (χ4v) is 5.74. The number of hydrogen-bond donors (Lipinski definition) is 2. The van der Waals surface area contributed by atoms with Gasteiger partial charge in [0.15, 0.2) is 0 Å². The van der Waals surface area contributed by atoms with Crippen LogP contribution in [0.2, 0.25) is 0 Å². The fraction of sp³-hybridized carbons (Fsp3) is 0.538. The van der Waals surface area contributed by atoms with E-state index in [1.54, 1.807) is 16.4 Å². The average Bonchev–Trinajstić information content (AvgIpc) is 2.37. The molecule has 0 aromatic heterocycles. The number of rotatable bonds is 3. The SMILES string of the molecule is Cc1cc(NN)cc(C)c1S(=O)(=O)N1CCSC(C)C1. The van der Waals surface area contributed by atoms with E-state index in [0.717, 1.165) is 22.6 Å². The van der Waals surface area contributed by atoms with Gasteiger partial charge >= 0.3 is 0 Å². The molecule has 7 heteroatoms. The second-order valence-electron chi connectivity index (χ2n) is 5.13. The second kappa shape index (κ2) is 5.93. The summed E-state index contributed by atoms with van der Waals surface area (Å²) in [5.74, 6) is 6.24. The Bertz CT molecular complexity index is 579. The summed E-state index contributed by atoms with van der Waals surface area (Å²) in [6.07, 6.45) is 0. The zero-order valence-electron chi connectivity index (χ0n) is 12.0. The lowest BCUT2D eigenvalue weighted by molar-refractivity contribution is 0.423. The number of aryl methyl sites for hydroxylation is 2. The van der Waals surface area contributed by atoms with E-state index >= 15 is 0 Å². The summed E-state index contributed by atoms with van der Waals surface area (Å²) in [4.78, 5) is 0.413. The fourth-order valence-electron chi connectivity index (χ4n) is 2.57. The third-order valence-electron chi connectivity index (χ3n) is 3.43. The molecule has 5 nitrogen and oxygen atoms in total. The van der Waals surface area contributed by atoms with Crippen LogP contribution in [0, 0.1) is 13.8 Å². The number of sulfonamides is 1. The van der Waals surface area contributed by atoms with Crippen molar-refractivity contribution in [3.63, 3.8) is 0 Å². The predicted octanol–water partition coefficient (Wildman–Crippen LogP) is 1.72. The molecule has 1 atom stereocenters. The van der Waals surface area contributed by atoms with Crippen molar-refractivity contribution >= 4 is 27.5 Å². The first-order valence-corrected chi connectivity index (χ1v) is 9.04. The maximum absolute atomic E-state index is 12.8. The van der Waals surface area contributed by atoms with Crippen molar-refractivity contribution in [3.05, 3.63) is 23.3 Å². The highest BCUT2D eigenvalue weighted by molar-refractivity contribution is 8.00. The Morgan fingerprint density at radius 2 is 1.95 bits per heavy atom. The van der Waals surface area contributed by atoms with Crippen LogP contribution < -0.4 is 11.3 Å². The maximum atomic E-state index is 12.8. The summed E-state index contributed by atoms with van der Waals surface area (Å²) in [6.45, 7) is 6.83. The molecule has 1 aromatic carbocycles. The standard InChI is InChI=1S/C13H21N3O2S2/c1-9-6-12(15-14)7-10(2)13(9)20(17,18)16-4-5-19-11(3)8-16/h6-7,11,15H,4-5,8,14H2,1-3H3. The highest BCUT2D eigenvalue weighted by atomic mass is 32.2. The number of nitrogen functional groups attached to an aromatic ring is 1. The lowest BCUT2D eigenvalue weighted by Gasteiger charge is -2.30. The Kier molecular flexibility index (Phi) is 4.63. The van der Waals surface area contributed by atoms with Crippen LogP contribution in [-0.2, 0) is 10.0 Å². The molecule has 1 heterocycles. The van der Waals surface area contributed by atoms with Crippen LogP contribution in [0.15, 0.2) is 17.0 Å². The number of nitrogens with one attached hydrogen (secondary N) is 1. The molecule has 0 bridgehead atoms. The Balaban J connectivity index is 2.44. The van der Waals surface area contributed by atoms with Crippen molar-refractivity contribution in [2.45, 2.75) is 30.9 Å². The third kappa shape index (κ3) is 2.95. The highest BCUT2D eigenvalue weighted by Gasteiger charge is 2.31. The molecule has 0 aliphatic carbocycles. The van der Waals surface area contributed by atoms with Crippen LogP contribution >= 0.6 is 11.8 Å². The molecule has 1 fully saturated rings. The summed E-state index contributed by atoms with van der Waals surface area (Å²) in [7, 11) is -3.43. The first kappa shape index (κ1) is 15.6. The van der Waals surface area contributed by atoms with Gasteiger partial charge in [0.25, 0.3) is 0 Å². The van der Waals surface area contributed by atoms with Crippen molar-refractivity contribution in [1.29, 1.82) is 0 Å². The van der Waals surface area contributed by atoms with E-state index in [2.05, 4.69) is 12.3 Å². The van der Waals surface area contributed by atoms with Gasteiger partial charge in [0.05, 0.1) is 4.90 Å². The van der Waals surface area contributed by atoms with Crippen molar-refractivity contribution in [1.82, 2.24) is 4.31 Å². The molecule has 0 saturated carbocycles. The summed E-state index contributed by atoms with van der Waals surface area (Å²) in [5, 5.41) is 0.337. The summed E-state index contributed by atoms with van der Waals surface area (Å²) in [6, 6.07) is 3.53. The van der Waals surface area contributed by atoms with Gasteiger partial charge in [-0.15, -0.1) is 0 Å². The molecule has 1 aromatic rings. The topological polar surface area (TPSA) is 75.4 Å². The predicted molar refractivity (Wildman–Crippen MR) is 84.4 cm³/mol. The summed E-state index contributed by atoms with van der Waals surface area (Å²) in [5.41, 5.74) is 4.74. The van der Waals surface area contributed by atoms with Gasteiger partial charge in [-0.1, -0.05) is 6.92 Å². The van der Waals surface area contributed by atoms with Crippen molar-refractivity contribution < 1.29 is 8.42 Å². The molecule has 0 amide bonds. The lowest BCUT2D eigenvalue weighted by Crippen LogP contribution is -2.41. The monoisotopic (exact) mass is 315 g/mol. The zero-order valence-corrected chi connectivity index (χ0v) is 13.6. The lowest BCUT2D eigenvalue weighted by atomic mass is 10.1. The number of anilines is 1. The molecule has 1 saturated heterocycles. The van der Waals surface area contributed by atoms with Crippen LogP contribution in [-0.4, -0.2) is 36.8 Å². The number of benzene rings is 1. The van der Waals surface area contributed by atoms with Crippen molar-refractivity contribution in [2.24, 2.45) is 5.84 Å². The van der Waals surface area contributed by atoms with Crippen molar-refractivity contribution in [2.75, 3.05) is 24.3 Å². The summed E-state index contributed by atoms with van der Waals surface area (Å²) >= 11 is 1.81. The molecule has 1 aliphatic rings. The average molecular weight is 315 g/mol. The molecular formula is C13H21N3O2S2. The van der Waals surface area contributed by atoms with Crippen LogP contribution in [0.3, 0.4) is 0 Å².